The second-order valence-corrected chi connectivity index (χ2v) is 9.40. The van der Waals surface area contributed by atoms with Crippen LogP contribution in [-0.2, 0) is 32.4 Å². The Hall–Kier alpha value is -3.43. The molecule has 0 fully saturated rings. The van der Waals surface area contributed by atoms with Gasteiger partial charge in [0.15, 0.2) is 0 Å². The van der Waals surface area contributed by atoms with E-state index in [-0.39, 0.29) is 12.2 Å². The largest absolute Gasteiger partial charge is 0.497 e. The Balaban J connectivity index is 1.47. The number of nitriles is 2. The maximum absolute atomic E-state index is 13.5. The summed E-state index contributed by atoms with van der Waals surface area (Å²) in [6.45, 7) is 2.04. The maximum Gasteiger partial charge on any atom is 0.129 e. The average Bonchev–Trinajstić information content (AvgIpc) is 3.15. The van der Waals surface area contributed by atoms with Gasteiger partial charge in [-0.2, -0.15) is 10.5 Å². The molecule has 0 bridgehead atoms. The Kier molecular flexibility index (Phi) is 7.44. The lowest BCUT2D eigenvalue weighted by Crippen LogP contribution is -2.29. The van der Waals surface area contributed by atoms with Crippen LogP contribution in [0.15, 0.2) is 42.5 Å². The zero-order valence-corrected chi connectivity index (χ0v) is 19.7. The van der Waals surface area contributed by atoms with Crippen molar-refractivity contribution in [3.63, 3.8) is 0 Å². The third-order valence-electron chi connectivity index (χ3n) is 5.81. The highest BCUT2D eigenvalue weighted by molar-refractivity contribution is 7.16. The zero-order chi connectivity index (χ0) is 24.1. The molecule has 0 saturated heterocycles. The van der Waals surface area contributed by atoms with E-state index in [1.165, 1.54) is 23.5 Å². The molecule has 34 heavy (non-hydrogen) atoms. The number of fused-ring (bicyclic) bond motifs is 1. The van der Waals surface area contributed by atoms with Crippen LogP contribution >= 0.6 is 11.3 Å². The summed E-state index contributed by atoms with van der Waals surface area (Å²) in [5.74, 6) is 0.386. The van der Waals surface area contributed by atoms with Crippen molar-refractivity contribution in [2.45, 2.75) is 38.6 Å². The van der Waals surface area contributed by atoms with E-state index >= 15 is 0 Å². The van der Waals surface area contributed by atoms with E-state index in [1.54, 1.807) is 13.2 Å². The molecule has 3 aromatic rings. The smallest absolute Gasteiger partial charge is 0.129 e. The fourth-order valence-electron chi connectivity index (χ4n) is 4.28. The van der Waals surface area contributed by atoms with Crippen molar-refractivity contribution in [2.75, 3.05) is 19.0 Å². The van der Waals surface area contributed by atoms with Crippen LogP contribution in [0.4, 0.5) is 9.39 Å². The number of hydrogen-bond donors (Lipinski definition) is 2. The van der Waals surface area contributed by atoms with Gasteiger partial charge in [0, 0.05) is 36.5 Å². The number of rotatable bonds is 8. The highest BCUT2D eigenvalue weighted by Crippen LogP contribution is 2.37. The lowest BCUT2D eigenvalue weighted by molar-refractivity contribution is 0.204. The molecule has 1 atom stereocenters. The molecular formula is C26H25FN4O2S. The topological polar surface area (TPSA) is 92.3 Å². The van der Waals surface area contributed by atoms with Gasteiger partial charge >= 0.3 is 0 Å². The van der Waals surface area contributed by atoms with Crippen LogP contribution in [0.25, 0.3) is 0 Å². The molecule has 4 rings (SSSR count). The van der Waals surface area contributed by atoms with Gasteiger partial charge in [-0.25, -0.2) is 4.39 Å². The Morgan fingerprint density at radius 2 is 2.03 bits per heavy atom. The first-order valence-corrected chi connectivity index (χ1v) is 11.8. The lowest BCUT2D eigenvalue weighted by Gasteiger charge is -2.27. The summed E-state index contributed by atoms with van der Waals surface area (Å²) in [6.07, 6.45) is 0.456. The SMILES string of the molecule is COc1cc(CC#N)cc(CC(O)Nc2sc3c(c2C#N)CN(Cc2cccc(F)c2)CC3)c1. The maximum atomic E-state index is 13.5. The van der Waals surface area contributed by atoms with Gasteiger partial charge in [-0.3, -0.25) is 4.90 Å². The van der Waals surface area contributed by atoms with Gasteiger partial charge in [0.25, 0.3) is 0 Å². The Morgan fingerprint density at radius 3 is 2.76 bits per heavy atom. The van der Waals surface area contributed by atoms with Crippen LogP contribution in [0.1, 0.15) is 32.7 Å². The second-order valence-electron chi connectivity index (χ2n) is 8.30. The molecule has 2 aromatic carbocycles. The summed E-state index contributed by atoms with van der Waals surface area (Å²) < 4.78 is 18.9. The van der Waals surface area contributed by atoms with Crippen molar-refractivity contribution < 1.29 is 14.2 Å². The molecule has 0 spiro atoms. The Morgan fingerprint density at radius 1 is 1.21 bits per heavy atom. The second kappa shape index (κ2) is 10.7. The van der Waals surface area contributed by atoms with Crippen LogP contribution in [-0.4, -0.2) is 29.9 Å². The molecule has 6 nitrogen and oxygen atoms in total. The number of aliphatic hydroxyl groups is 1. The number of benzene rings is 2. The van der Waals surface area contributed by atoms with Crippen molar-refractivity contribution in [1.29, 1.82) is 10.5 Å². The summed E-state index contributed by atoms with van der Waals surface area (Å²) in [4.78, 5) is 3.34. The number of methoxy groups -OCH3 is 1. The fraction of sp³-hybridized carbons (Fsp3) is 0.308. The number of thiophene rings is 1. The van der Waals surface area contributed by atoms with Crippen LogP contribution in [0, 0.1) is 28.5 Å². The van der Waals surface area contributed by atoms with Gasteiger partial charge in [0.1, 0.15) is 28.9 Å². The van der Waals surface area contributed by atoms with E-state index in [1.807, 2.05) is 24.3 Å². The van der Waals surface area contributed by atoms with Gasteiger partial charge in [0.05, 0.1) is 25.2 Å². The third-order valence-corrected chi connectivity index (χ3v) is 7.03. The van der Waals surface area contributed by atoms with E-state index in [0.29, 0.717) is 35.8 Å². The van der Waals surface area contributed by atoms with Crippen molar-refractivity contribution in [1.82, 2.24) is 4.90 Å². The third kappa shape index (κ3) is 5.55. The zero-order valence-electron chi connectivity index (χ0n) is 18.8. The van der Waals surface area contributed by atoms with E-state index < -0.39 is 6.23 Å². The summed E-state index contributed by atoms with van der Waals surface area (Å²) in [5.41, 5.74) is 4.10. The summed E-state index contributed by atoms with van der Waals surface area (Å²) >= 11 is 1.51. The molecule has 2 heterocycles. The molecule has 2 N–H and O–H groups in total. The van der Waals surface area contributed by atoms with Gasteiger partial charge in [-0.15, -0.1) is 11.3 Å². The minimum absolute atomic E-state index is 0.250. The van der Waals surface area contributed by atoms with E-state index in [2.05, 4.69) is 22.4 Å². The minimum atomic E-state index is -0.905. The van der Waals surface area contributed by atoms with E-state index in [4.69, 9.17) is 10.00 Å². The first-order valence-electron chi connectivity index (χ1n) is 11.0. The number of anilines is 1. The van der Waals surface area contributed by atoms with Crippen molar-refractivity contribution in [3.8, 4) is 17.9 Å². The van der Waals surface area contributed by atoms with Crippen LogP contribution in [0.3, 0.4) is 0 Å². The number of nitrogens with one attached hydrogen (secondary N) is 1. The normalized spacial score (nSPS) is 14.0. The fourth-order valence-corrected chi connectivity index (χ4v) is 5.47. The standard InChI is InChI=1S/C26H25FN4O2S/c1-33-21-11-17(5-7-28)9-19(12-21)13-25(32)30-26-22(14-29)23-16-31(8-6-24(23)34-26)15-18-3-2-4-20(27)10-18/h2-4,9-12,25,30,32H,5-6,8,13,15-16H2,1H3. The van der Waals surface area contributed by atoms with Gasteiger partial charge in [0.2, 0.25) is 0 Å². The molecule has 174 valence electrons. The van der Waals surface area contributed by atoms with Crippen LogP contribution in [0.5, 0.6) is 5.75 Å². The molecule has 1 unspecified atom stereocenters. The van der Waals surface area contributed by atoms with Gasteiger partial charge in [-0.05, 0) is 47.4 Å². The summed E-state index contributed by atoms with van der Waals surface area (Å²) in [7, 11) is 1.57. The first kappa shape index (κ1) is 23.7. The monoisotopic (exact) mass is 476 g/mol. The molecule has 0 radical (unpaired) electrons. The number of aliphatic hydroxyl groups excluding tert-OH is 1. The molecule has 1 aliphatic heterocycles. The van der Waals surface area contributed by atoms with Gasteiger partial charge < -0.3 is 15.2 Å². The van der Waals surface area contributed by atoms with Crippen molar-refractivity contribution in [3.05, 3.63) is 81.0 Å². The Labute approximate surface area is 202 Å². The number of halogens is 1. The molecule has 0 aliphatic carbocycles. The van der Waals surface area contributed by atoms with E-state index in [9.17, 15) is 14.8 Å². The molecule has 1 aromatic heterocycles. The van der Waals surface area contributed by atoms with Gasteiger partial charge in [-0.1, -0.05) is 18.2 Å². The van der Waals surface area contributed by atoms with E-state index in [0.717, 1.165) is 40.1 Å². The number of hydrogen-bond acceptors (Lipinski definition) is 7. The van der Waals surface area contributed by atoms with Crippen LogP contribution in [0.2, 0.25) is 0 Å². The summed E-state index contributed by atoms with van der Waals surface area (Å²) in [5, 5.41) is 33.4. The molecule has 0 amide bonds. The molecule has 1 aliphatic rings. The minimum Gasteiger partial charge on any atom is -0.497 e. The molecular weight excluding hydrogens is 451 g/mol. The average molecular weight is 477 g/mol. The molecule has 8 heteroatoms. The quantitative estimate of drug-likeness (QED) is 0.469. The Bertz CT molecular complexity index is 1260. The summed E-state index contributed by atoms with van der Waals surface area (Å²) in [6, 6.07) is 16.5. The lowest BCUT2D eigenvalue weighted by atomic mass is 10.0. The highest BCUT2D eigenvalue weighted by Gasteiger charge is 2.25. The number of nitrogens with zero attached hydrogens (tertiary/aromatic N) is 3. The van der Waals surface area contributed by atoms with Crippen molar-refractivity contribution >= 4 is 16.3 Å². The predicted octanol–water partition coefficient (Wildman–Crippen LogP) is 4.36. The number of ether oxygens (including phenoxy) is 1. The predicted molar refractivity (Wildman–Crippen MR) is 129 cm³/mol. The van der Waals surface area contributed by atoms with Crippen molar-refractivity contribution in [2.24, 2.45) is 0 Å². The van der Waals surface area contributed by atoms with Crippen LogP contribution < -0.4 is 10.1 Å². The first-order chi connectivity index (χ1) is 16.5. The molecule has 0 saturated carbocycles. The highest BCUT2D eigenvalue weighted by atomic mass is 32.1.